The molecule has 0 radical (unpaired) electrons. The standard InChI is InChI=1S/C13H9N.C13H10O.C13H10S/c3*1-3-7-12-10(5-1)9-11-6-2-4-8-13(11)14-12/h1-9H;2*1-8H,9H2. The van der Waals surface area contributed by atoms with Crippen LogP contribution in [0.2, 0.25) is 0 Å². The average molecular weight is 560 g/mol. The van der Waals surface area contributed by atoms with Gasteiger partial charge < -0.3 is 4.74 Å². The van der Waals surface area contributed by atoms with E-state index in [9.17, 15) is 0 Å². The molecule has 2 aliphatic rings. The molecule has 0 unspecified atom stereocenters. The minimum absolute atomic E-state index is 0.979. The van der Waals surface area contributed by atoms with Crippen LogP contribution in [0.4, 0.5) is 0 Å². The molecule has 9 rings (SSSR count). The van der Waals surface area contributed by atoms with E-state index in [2.05, 4.69) is 96.0 Å². The molecule has 2 aliphatic heterocycles. The van der Waals surface area contributed by atoms with Crippen molar-refractivity contribution in [3.8, 4) is 11.5 Å². The Morgan fingerprint density at radius 3 is 1.38 bits per heavy atom. The lowest BCUT2D eigenvalue weighted by Gasteiger charge is -2.19. The minimum atomic E-state index is 0.979. The molecule has 0 atom stereocenters. The maximum Gasteiger partial charge on any atom is 0.130 e. The number of nitrogens with zero attached hydrogens (tertiary/aromatic N) is 1. The predicted molar refractivity (Wildman–Crippen MR) is 175 cm³/mol. The maximum atomic E-state index is 5.78. The Kier molecular flexibility index (Phi) is 7.41. The number of rotatable bonds is 0. The number of hydrogen-bond acceptors (Lipinski definition) is 3. The normalized spacial score (nSPS) is 12.2. The molecule has 3 heterocycles. The van der Waals surface area contributed by atoms with Crippen LogP contribution < -0.4 is 4.74 Å². The number of para-hydroxylation sites is 4. The Morgan fingerprint density at radius 2 is 0.833 bits per heavy atom. The van der Waals surface area contributed by atoms with E-state index >= 15 is 0 Å². The third-order valence-corrected chi connectivity index (χ3v) is 8.75. The number of fused-ring (bicyclic) bond motifs is 6. The molecule has 0 fully saturated rings. The maximum absolute atomic E-state index is 5.78. The molecule has 2 nitrogen and oxygen atoms in total. The van der Waals surface area contributed by atoms with Gasteiger partial charge in [0, 0.05) is 27.0 Å². The summed E-state index contributed by atoms with van der Waals surface area (Å²) in [6.07, 6.45) is 2.06. The molecule has 0 N–H and O–H groups in total. The monoisotopic (exact) mass is 559 g/mol. The predicted octanol–water partition coefficient (Wildman–Crippen LogP) is 10.5. The van der Waals surface area contributed by atoms with E-state index in [0.717, 1.165) is 35.4 Å². The van der Waals surface area contributed by atoms with Crippen molar-refractivity contribution in [2.24, 2.45) is 0 Å². The van der Waals surface area contributed by atoms with Gasteiger partial charge in [0.15, 0.2) is 0 Å². The van der Waals surface area contributed by atoms with Gasteiger partial charge in [0.25, 0.3) is 0 Å². The highest BCUT2D eigenvalue weighted by molar-refractivity contribution is 7.99. The van der Waals surface area contributed by atoms with E-state index < -0.39 is 0 Å². The third-order valence-electron chi connectivity index (χ3n) is 7.52. The first-order chi connectivity index (χ1) is 20.8. The molecule has 0 saturated carbocycles. The summed E-state index contributed by atoms with van der Waals surface area (Å²) < 4.78 is 5.78. The van der Waals surface area contributed by atoms with Crippen molar-refractivity contribution in [2.45, 2.75) is 22.6 Å². The number of hydrogen-bond donors (Lipinski definition) is 0. The van der Waals surface area contributed by atoms with Crippen molar-refractivity contribution in [3.05, 3.63) is 174 Å². The highest BCUT2D eigenvalue weighted by Crippen LogP contribution is 2.39. The Bertz CT molecular complexity index is 1640. The summed E-state index contributed by atoms with van der Waals surface area (Å²) >= 11 is 1.88. The second-order valence-electron chi connectivity index (χ2n) is 10.4. The lowest BCUT2D eigenvalue weighted by molar-refractivity contribution is 0.460. The van der Waals surface area contributed by atoms with Crippen LogP contribution in [-0.4, -0.2) is 4.98 Å². The first-order valence-electron chi connectivity index (χ1n) is 14.2. The van der Waals surface area contributed by atoms with Crippen LogP contribution in [0.25, 0.3) is 21.8 Å². The second kappa shape index (κ2) is 11.9. The van der Waals surface area contributed by atoms with Gasteiger partial charge in [0.1, 0.15) is 11.5 Å². The summed E-state index contributed by atoms with van der Waals surface area (Å²) in [5.41, 5.74) is 7.57. The van der Waals surface area contributed by atoms with Gasteiger partial charge >= 0.3 is 0 Å². The molecule has 0 aliphatic carbocycles. The molecule has 0 saturated heterocycles. The topological polar surface area (TPSA) is 22.1 Å². The van der Waals surface area contributed by atoms with E-state index in [4.69, 9.17) is 4.74 Å². The minimum Gasteiger partial charge on any atom is -0.457 e. The molecule has 7 aromatic rings. The van der Waals surface area contributed by atoms with Crippen LogP contribution >= 0.6 is 11.8 Å². The van der Waals surface area contributed by atoms with E-state index in [1.165, 1.54) is 42.8 Å². The van der Waals surface area contributed by atoms with Gasteiger partial charge in [0.2, 0.25) is 0 Å². The van der Waals surface area contributed by atoms with Crippen LogP contribution in [0.5, 0.6) is 11.5 Å². The van der Waals surface area contributed by atoms with Gasteiger partial charge in [-0.15, -0.1) is 0 Å². The average Bonchev–Trinajstić information content (AvgIpc) is 3.06. The summed E-state index contributed by atoms with van der Waals surface area (Å²) in [7, 11) is 0. The van der Waals surface area contributed by atoms with Crippen LogP contribution in [-0.2, 0) is 12.8 Å². The highest BCUT2D eigenvalue weighted by Gasteiger charge is 2.15. The van der Waals surface area contributed by atoms with Gasteiger partial charge in [-0.3, -0.25) is 0 Å². The lowest BCUT2D eigenvalue weighted by Crippen LogP contribution is -2.01. The summed E-state index contributed by atoms with van der Waals surface area (Å²) in [4.78, 5) is 7.39. The Hall–Kier alpha value is -4.86. The van der Waals surface area contributed by atoms with Crippen LogP contribution in [0.3, 0.4) is 0 Å². The van der Waals surface area contributed by atoms with Crippen molar-refractivity contribution in [2.75, 3.05) is 0 Å². The summed E-state index contributed by atoms with van der Waals surface area (Å²) in [5, 5.41) is 2.40. The smallest absolute Gasteiger partial charge is 0.130 e. The number of benzene rings is 6. The molecule has 202 valence electrons. The van der Waals surface area contributed by atoms with E-state index in [0.29, 0.717) is 0 Å². The summed E-state index contributed by atoms with van der Waals surface area (Å²) in [6, 6.07) is 52.3. The first-order valence-corrected chi connectivity index (χ1v) is 15.0. The van der Waals surface area contributed by atoms with Gasteiger partial charge in [-0.05, 0) is 71.1 Å². The summed E-state index contributed by atoms with van der Waals surface area (Å²) in [6.45, 7) is 0. The van der Waals surface area contributed by atoms with Crippen molar-refractivity contribution >= 4 is 33.6 Å². The SMILES string of the molecule is c1ccc2c(c1)Cc1ccccc1O2.c1ccc2c(c1)Cc1ccccc1S2.c1ccc2nc3ccccc3cc2c1. The van der Waals surface area contributed by atoms with Crippen LogP contribution in [0, 0.1) is 0 Å². The first kappa shape index (κ1) is 26.1. The lowest BCUT2D eigenvalue weighted by atomic mass is 10.0. The van der Waals surface area contributed by atoms with E-state index in [1.54, 1.807) is 0 Å². The van der Waals surface area contributed by atoms with Crippen LogP contribution in [0.1, 0.15) is 22.3 Å². The van der Waals surface area contributed by atoms with Gasteiger partial charge in [-0.1, -0.05) is 121 Å². The molecule has 3 heteroatoms. The van der Waals surface area contributed by atoms with Gasteiger partial charge in [-0.25, -0.2) is 4.98 Å². The fourth-order valence-corrected chi connectivity index (χ4v) is 6.44. The molecular formula is C39H29NOS. The third kappa shape index (κ3) is 5.65. The van der Waals surface area contributed by atoms with Crippen molar-refractivity contribution < 1.29 is 4.74 Å². The Morgan fingerprint density at radius 1 is 0.429 bits per heavy atom. The fraction of sp³-hybridized carbons (Fsp3) is 0.0513. The van der Waals surface area contributed by atoms with Gasteiger partial charge in [-0.2, -0.15) is 0 Å². The molecule has 0 bridgehead atoms. The van der Waals surface area contributed by atoms with Crippen LogP contribution in [0.15, 0.2) is 161 Å². The highest BCUT2D eigenvalue weighted by atomic mass is 32.2. The molecule has 6 aromatic carbocycles. The molecular weight excluding hydrogens is 531 g/mol. The van der Waals surface area contributed by atoms with Crippen molar-refractivity contribution in [1.29, 1.82) is 0 Å². The zero-order chi connectivity index (χ0) is 28.1. The fourth-order valence-electron chi connectivity index (χ4n) is 5.37. The van der Waals surface area contributed by atoms with E-state index in [-0.39, 0.29) is 0 Å². The quantitative estimate of drug-likeness (QED) is 0.173. The molecule has 0 spiro atoms. The molecule has 42 heavy (non-hydrogen) atoms. The largest absolute Gasteiger partial charge is 0.457 e. The van der Waals surface area contributed by atoms with Gasteiger partial charge in [0.05, 0.1) is 11.0 Å². The molecule has 1 aromatic heterocycles. The number of aromatic nitrogens is 1. The van der Waals surface area contributed by atoms with E-state index in [1.807, 2.05) is 72.4 Å². The number of pyridine rings is 1. The number of ether oxygens (including phenoxy) is 1. The summed E-state index contributed by atoms with van der Waals surface area (Å²) in [5.74, 6) is 1.98. The van der Waals surface area contributed by atoms with Crippen molar-refractivity contribution in [1.82, 2.24) is 4.98 Å². The zero-order valence-corrected chi connectivity index (χ0v) is 23.9. The molecule has 0 amide bonds. The Labute approximate surface area is 250 Å². The second-order valence-corrected chi connectivity index (χ2v) is 11.4. The van der Waals surface area contributed by atoms with Crippen molar-refractivity contribution in [3.63, 3.8) is 0 Å². The Balaban J connectivity index is 0.000000103. The zero-order valence-electron chi connectivity index (χ0n) is 23.1.